The molecular weight excluding hydrogens is 345 g/mol. The Labute approximate surface area is 153 Å². The molecule has 2 rings (SSSR count). The predicted molar refractivity (Wildman–Crippen MR) is 102 cm³/mol. The number of hydrogen-bond acceptors (Lipinski definition) is 3. The van der Waals surface area contributed by atoms with Crippen LogP contribution in [0.15, 0.2) is 30.3 Å². The van der Waals surface area contributed by atoms with Crippen molar-refractivity contribution in [1.29, 1.82) is 0 Å². The minimum Gasteiger partial charge on any atom is -0.490 e. The lowest BCUT2D eigenvalue weighted by atomic mass is 10.1. The lowest BCUT2D eigenvalue weighted by molar-refractivity contribution is 0.276. The summed E-state index contributed by atoms with van der Waals surface area (Å²) in [6.07, 6.45) is 0.931. The second-order valence-electron chi connectivity index (χ2n) is 5.49. The zero-order valence-corrected chi connectivity index (χ0v) is 15.8. The molecule has 24 heavy (non-hydrogen) atoms. The Morgan fingerprint density at radius 2 is 1.71 bits per heavy atom. The third-order valence-corrected chi connectivity index (χ3v) is 4.29. The molecule has 2 aromatic carbocycles. The zero-order valence-electron chi connectivity index (χ0n) is 14.3. The van der Waals surface area contributed by atoms with E-state index in [4.69, 9.17) is 32.7 Å². The van der Waals surface area contributed by atoms with Gasteiger partial charge in [0, 0.05) is 28.3 Å². The summed E-state index contributed by atoms with van der Waals surface area (Å²) < 4.78 is 11.4. The van der Waals surface area contributed by atoms with Crippen molar-refractivity contribution in [2.45, 2.75) is 33.7 Å². The Kier molecular flexibility index (Phi) is 7.07. The van der Waals surface area contributed by atoms with E-state index in [-0.39, 0.29) is 0 Å². The first kappa shape index (κ1) is 18.8. The van der Waals surface area contributed by atoms with E-state index >= 15 is 0 Å². The van der Waals surface area contributed by atoms with Crippen molar-refractivity contribution in [2.24, 2.45) is 0 Å². The smallest absolute Gasteiger partial charge is 0.162 e. The Hall–Kier alpha value is -1.58. The predicted octanol–water partition coefficient (Wildman–Crippen LogP) is 6.10. The fraction of sp³-hybridized carbons (Fsp3) is 0.368. The normalized spacial score (nSPS) is 10.5. The van der Waals surface area contributed by atoms with E-state index < -0.39 is 0 Å². The van der Waals surface area contributed by atoms with Crippen LogP contribution in [-0.2, 0) is 6.54 Å². The fourth-order valence-electron chi connectivity index (χ4n) is 2.21. The number of hydrogen-bond donors (Lipinski definition) is 1. The van der Waals surface area contributed by atoms with E-state index in [1.807, 2.05) is 44.2 Å². The standard InChI is InChI=1S/C19H23Cl2NO2/c1-4-8-24-19-11-17(21)14(9-18(19)23-5-2)12-22-15-7-6-13(3)16(20)10-15/h6-7,9-11,22H,4-5,8,12H2,1-3H3. The molecule has 0 fully saturated rings. The minimum atomic E-state index is 0.574. The van der Waals surface area contributed by atoms with Crippen LogP contribution < -0.4 is 14.8 Å². The van der Waals surface area contributed by atoms with Crippen molar-refractivity contribution in [3.63, 3.8) is 0 Å². The van der Waals surface area contributed by atoms with Crippen molar-refractivity contribution in [2.75, 3.05) is 18.5 Å². The van der Waals surface area contributed by atoms with E-state index in [1.54, 1.807) is 0 Å². The summed E-state index contributed by atoms with van der Waals surface area (Å²) in [5.41, 5.74) is 2.95. The van der Waals surface area contributed by atoms with Crippen LogP contribution in [-0.4, -0.2) is 13.2 Å². The first-order valence-corrected chi connectivity index (χ1v) is 8.88. The summed E-state index contributed by atoms with van der Waals surface area (Å²) in [4.78, 5) is 0. The van der Waals surface area contributed by atoms with Gasteiger partial charge in [-0.1, -0.05) is 36.2 Å². The van der Waals surface area contributed by atoms with Crippen LogP contribution in [0.2, 0.25) is 10.0 Å². The molecule has 0 heterocycles. The van der Waals surface area contributed by atoms with Crippen LogP contribution >= 0.6 is 23.2 Å². The maximum atomic E-state index is 6.40. The number of halogens is 2. The average Bonchev–Trinajstić information content (AvgIpc) is 2.56. The molecule has 0 spiro atoms. The van der Waals surface area contributed by atoms with Crippen LogP contribution in [0.3, 0.4) is 0 Å². The Morgan fingerprint density at radius 1 is 0.958 bits per heavy atom. The Bertz CT molecular complexity index is 689. The number of aryl methyl sites for hydroxylation is 1. The molecule has 2 aromatic rings. The zero-order chi connectivity index (χ0) is 17.5. The number of anilines is 1. The summed E-state index contributed by atoms with van der Waals surface area (Å²) in [5, 5.41) is 4.73. The van der Waals surface area contributed by atoms with Gasteiger partial charge in [-0.05, 0) is 49.6 Å². The molecule has 0 atom stereocenters. The first-order valence-electron chi connectivity index (χ1n) is 8.13. The molecule has 0 amide bonds. The maximum absolute atomic E-state index is 6.40. The molecule has 0 unspecified atom stereocenters. The van der Waals surface area contributed by atoms with Gasteiger partial charge in [0.25, 0.3) is 0 Å². The number of benzene rings is 2. The Balaban J connectivity index is 2.16. The molecular formula is C19H23Cl2NO2. The van der Waals surface area contributed by atoms with E-state index in [0.717, 1.165) is 28.3 Å². The highest BCUT2D eigenvalue weighted by Gasteiger charge is 2.11. The average molecular weight is 368 g/mol. The van der Waals surface area contributed by atoms with Gasteiger partial charge in [-0.25, -0.2) is 0 Å². The highest BCUT2D eigenvalue weighted by atomic mass is 35.5. The molecule has 130 valence electrons. The SMILES string of the molecule is CCCOc1cc(Cl)c(CNc2ccc(C)c(Cl)c2)cc1OCC. The summed E-state index contributed by atoms with van der Waals surface area (Å²) in [6.45, 7) is 7.77. The van der Waals surface area contributed by atoms with E-state index in [1.165, 1.54) is 0 Å². The van der Waals surface area contributed by atoms with Gasteiger partial charge in [0.05, 0.1) is 13.2 Å². The molecule has 0 saturated heterocycles. The first-order chi connectivity index (χ1) is 11.5. The molecule has 0 aliphatic rings. The molecule has 3 nitrogen and oxygen atoms in total. The highest BCUT2D eigenvalue weighted by Crippen LogP contribution is 2.34. The molecule has 0 aliphatic carbocycles. The lowest BCUT2D eigenvalue weighted by Crippen LogP contribution is -2.04. The highest BCUT2D eigenvalue weighted by molar-refractivity contribution is 6.32. The summed E-state index contributed by atoms with van der Waals surface area (Å²) in [7, 11) is 0. The third kappa shape index (κ3) is 4.96. The van der Waals surface area contributed by atoms with Crippen molar-refractivity contribution in [3.05, 3.63) is 51.5 Å². The maximum Gasteiger partial charge on any atom is 0.162 e. The second kappa shape index (κ2) is 9.05. The van der Waals surface area contributed by atoms with E-state index in [0.29, 0.717) is 36.3 Å². The van der Waals surface area contributed by atoms with Crippen LogP contribution in [0.1, 0.15) is 31.4 Å². The molecule has 0 aliphatic heterocycles. The topological polar surface area (TPSA) is 30.5 Å². The largest absolute Gasteiger partial charge is 0.490 e. The number of rotatable bonds is 8. The van der Waals surface area contributed by atoms with Gasteiger partial charge in [-0.3, -0.25) is 0 Å². The van der Waals surface area contributed by atoms with Crippen LogP contribution in [0.25, 0.3) is 0 Å². The monoisotopic (exact) mass is 367 g/mol. The quantitative estimate of drug-likeness (QED) is 0.611. The Morgan fingerprint density at radius 3 is 2.38 bits per heavy atom. The van der Waals surface area contributed by atoms with Crippen molar-refractivity contribution < 1.29 is 9.47 Å². The van der Waals surface area contributed by atoms with E-state index in [9.17, 15) is 0 Å². The van der Waals surface area contributed by atoms with Gasteiger partial charge in [-0.15, -0.1) is 0 Å². The van der Waals surface area contributed by atoms with Gasteiger partial charge >= 0.3 is 0 Å². The third-order valence-electron chi connectivity index (χ3n) is 3.53. The molecule has 0 aromatic heterocycles. The second-order valence-corrected chi connectivity index (χ2v) is 6.30. The van der Waals surface area contributed by atoms with Crippen LogP contribution in [0.5, 0.6) is 11.5 Å². The summed E-state index contributed by atoms with van der Waals surface area (Å²) in [6, 6.07) is 9.64. The lowest BCUT2D eigenvalue weighted by Gasteiger charge is -2.15. The van der Waals surface area contributed by atoms with Gasteiger partial charge in [0.15, 0.2) is 11.5 Å². The number of ether oxygens (including phenoxy) is 2. The molecule has 0 radical (unpaired) electrons. The fourth-order valence-corrected chi connectivity index (χ4v) is 2.61. The summed E-state index contributed by atoms with van der Waals surface area (Å²) >= 11 is 12.6. The summed E-state index contributed by atoms with van der Waals surface area (Å²) in [5.74, 6) is 1.40. The molecule has 1 N–H and O–H groups in total. The molecule has 0 bridgehead atoms. The van der Waals surface area contributed by atoms with Gasteiger partial charge in [-0.2, -0.15) is 0 Å². The molecule has 5 heteroatoms. The van der Waals surface area contributed by atoms with Gasteiger partial charge < -0.3 is 14.8 Å². The van der Waals surface area contributed by atoms with Crippen LogP contribution in [0.4, 0.5) is 5.69 Å². The number of nitrogens with one attached hydrogen (secondary N) is 1. The van der Waals surface area contributed by atoms with Crippen molar-refractivity contribution >= 4 is 28.9 Å². The van der Waals surface area contributed by atoms with E-state index in [2.05, 4.69) is 12.2 Å². The molecule has 0 saturated carbocycles. The van der Waals surface area contributed by atoms with Crippen molar-refractivity contribution in [1.82, 2.24) is 0 Å². The van der Waals surface area contributed by atoms with Gasteiger partial charge in [0.2, 0.25) is 0 Å². The van der Waals surface area contributed by atoms with Crippen LogP contribution in [0, 0.1) is 6.92 Å². The van der Waals surface area contributed by atoms with Gasteiger partial charge in [0.1, 0.15) is 0 Å². The minimum absolute atomic E-state index is 0.574. The van der Waals surface area contributed by atoms with Crippen molar-refractivity contribution in [3.8, 4) is 11.5 Å².